The van der Waals surface area contributed by atoms with Gasteiger partial charge in [0, 0.05) is 36.5 Å². The molecule has 4 rings (SSSR count). The Morgan fingerprint density at radius 2 is 2.12 bits per heavy atom. The van der Waals surface area contributed by atoms with E-state index < -0.39 is 0 Å². The molecule has 1 amide bonds. The van der Waals surface area contributed by atoms with Crippen LogP contribution in [-0.2, 0) is 18.4 Å². The first kappa shape index (κ1) is 16.7. The summed E-state index contributed by atoms with van der Waals surface area (Å²) in [6.45, 7) is 0.414. The molecule has 0 aliphatic carbocycles. The van der Waals surface area contributed by atoms with Gasteiger partial charge in [-0.3, -0.25) is 4.79 Å². The Morgan fingerprint density at radius 3 is 2.88 bits per heavy atom. The molecular formula is C21H20N2O2S. The number of hydrogen-bond donors (Lipinski definition) is 1. The first-order valence-electron chi connectivity index (χ1n) is 8.57. The van der Waals surface area contributed by atoms with Gasteiger partial charge in [0.25, 0.3) is 0 Å². The topological polar surface area (TPSA) is 47.2 Å². The highest BCUT2D eigenvalue weighted by molar-refractivity contribution is 7.08. The molecule has 4 nitrogen and oxygen atoms in total. The lowest BCUT2D eigenvalue weighted by Crippen LogP contribution is -2.24. The molecule has 132 valence electrons. The predicted octanol–water partition coefficient (Wildman–Crippen LogP) is 4.67. The van der Waals surface area contributed by atoms with E-state index in [9.17, 15) is 4.79 Å². The number of amides is 1. The number of carbonyl (C=O) groups excluding carboxylic acids is 1. The zero-order chi connectivity index (χ0) is 17.9. The molecule has 3 aromatic heterocycles. The zero-order valence-corrected chi connectivity index (χ0v) is 15.3. The molecule has 0 radical (unpaired) electrons. The van der Waals surface area contributed by atoms with Crippen LogP contribution in [-0.4, -0.2) is 10.5 Å². The number of aryl methyl sites for hydroxylation is 1. The number of hydrogen-bond acceptors (Lipinski definition) is 3. The molecule has 0 saturated heterocycles. The summed E-state index contributed by atoms with van der Waals surface area (Å²) < 4.78 is 7.42. The maximum atomic E-state index is 12.6. The summed E-state index contributed by atoms with van der Waals surface area (Å²) >= 11 is 1.66. The van der Waals surface area contributed by atoms with Crippen LogP contribution in [0.1, 0.15) is 29.2 Å². The van der Waals surface area contributed by atoms with Gasteiger partial charge >= 0.3 is 0 Å². The Kier molecular flexibility index (Phi) is 4.63. The standard InChI is InChI=1S/C21H20N2O2S/c1-23-13-19(17-6-2-3-7-20(17)23)18(15-8-10-26-14-15)11-21(24)22-12-16-5-4-9-25-16/h2-10,13-14,18H,11-12H2,1H3,(H,22,24). The van der Waals surface area contributed by atoms with E-state index in [0.29, 0.717) is 13.0 Å². The van der Waals surface area contributed by atoms with Crippen molar-refractivity contribution < 1.29 is 9.21 Å². The molecule has 4 aromatic rings. The summed E-state index contributed by atoms with van der Waals surface area (Å²) in [5.74, 6) is 0.810. The van der Waals surface area contributed by atoms with Crippen molar-refractivity contribution in [2.75, 3.05) is 0 Å². The van der Waals surface area contributed by atoms with Gasteiger partial charge in [-0.1, -0.05) is 18.2 Å². The summed E-state index contributed by atoms with van der Waals surface area (Å²) in [4.78, 5) is 12.6. The maximum absolute atomic E-state index is 12.6. The second kappa shape index (κ2) is 7.22. The van der Waals surface area contributed by atoms with E-state index in [-0.39, 0.29) is 11.8 Å². The number of fused-ring (bicyclic) bond motifs is 1. The number of aromatic nitrogens is 1. The van der Waals surface area contributed by atoms with Gasteiger partial charge in [-0.2, -0.15) is 11.3 Å². The normalized spacial score (nSPS) is 12.3. The van der Waals surface area contributed by atoms with E-state index >= 15 is 0 Å². The Bertz CT molecular complexity index is 1000. The molecule has 0 fully saturated rings. The maximum Gasteiger partial charge on any atom is 0.221 e. The number of benzene rings is 1. The van der Waals surface area contributed by atoms with Gasteiger partial charge in [0.15, 0.2) is 0 Å². The van der Waals surface area contributed by atoms with Crippen molar-refractivity contribution in [3.05, 3.63) is 82.6 Å². The van der Waals surface area contributed by atoms with Crippen LogP contribution in [0.3, 0.4) is 0 Å². The monoisotopic (exact) mass is 364 g/mol. The molecule has 1 N–H and O–H groups in total. The number of furan rings is 1. The molecule has 0 aliphatic rings. The van der Waals surface area contributed by atoms with E-state index in [1.807, 2.05) is 31.3 Å². The average molecular weight is 364 g/mol. The minimum atomic E-state index is 0.0190. The Labute approximate surface area is 156 Å². The zero-order valence-electron chi connectivity index (χ0n) is 14.5. The van der Waals surface area contributed by atoms with E-state index in [2.05, 4.69) is 45.0 Å². The van der Waals surface area contributed by atoms with Gasteiger partial charge in [0.1, 0.15) is 5.76 Å². The van der Waals surface area contributed by atoms with Gasteiger partial charge in [-0.05, 0) is 46.2 Å². The third-order valence-electron chi connectivity index (χ3n) is 4.68. The molecule has 3 heterocycles. The highest BCUT2D eigenvalue weighted by atomic mass is 32.1. The summed E-state index contributed by atoms with van der Waals surface area (Å²) in [7, 11) is 2.05. The van der Waals surface area contributed by atoms with E-state index in [1.165, 1.54) is 22.0 Å². The van der Waals surface area contributed by atoms with Crippen molar-refractivity contribution in [3.63, 3.8) is 0 Å². The van der Waals surface area contributed by atoms with Crippen LogP contribution in [0.15, 0.2) is 70.1 Å². The third-order valence-corrected chi connectivity index (χ3v) is 5.38. The minimum Gasteiger partial charge on any atom is -0.467 e. The Balaban J connectivity index is 1.61. The van der Waals surface area contributed by atoms with Crippen LogP contribution in [0.25, 0.3) is 10.9 Å². The predicted molar refractivity (Wildman–Crippen MR) is 104 cm³/mol. The lowest BCUT2D eigenvalue weighted by atomic mass is 9.89. The molecule has 26 heavy (non-hydrogen) atoms. The molecule has 0 aliphatic heterocycles. The van der Waals surface area contributed by atoms with Gasteiger partial charge in [0.2, 0.25) is 5.91 Å². The third kappa shape index (κ3) is 3.30. The fraction of sp³-hybridized carbons (Fsp3) is 0.190. The largest absolute Gasteiger partial charge is 0.467 e. The fourth-order valence-corrected chi connectivity index (χ4v) is 4.10. The number of carbonyl (C=O) groups is 1. The van der Waals surface area contributed by atoms with Crippen LogP contribution in [0.4, 0.5) is 0 Å². The summed E-state index contributed by atoms with van der Waals surface area (Å²) in [6.07, 6.45) is 4.17. The van der Waals surface area contributed by atoms with Crippen LogP contribution in [0, 0.1) is 0 Å². The van der Waals surface area contributed by atoms with Crippen molar-refractivity contribution in [1.29, 1.82) is 0 Å². The molecular weight excluding hydrogens is 344 g/mol. The number of thiophene rings is 1. The van der Waals surface area contributed by atoms with Crippen molar-refractivity contribution in [3.8, 4) is 0 Å². The first-order valence-corrected chi connectivity index (χ1v) is 9.52. The quantitative estimate of drug-likeness (QED) is 0.540. The van der Waals surface area contributed by atoms with Crippen LogP contribution < -0.4 is 5.32 Å². The Hall–Kier alpha value is -2.79. The number of nitrogens with one attached hydrogen (secondary N) is 1. The summed E-state index contributed by atoms with van der Waals surface area (Å²) in [5.41, 5.74) is 3.55. The van der Waals surface area contributed by atoms with Crippen LogP contribution >= 0.6 is 11.3 Å². The number of rotatable bonds is 6. The van der Waals surface area contributed by atoms with Crippen LogP contribution in [0.5, 0.6) is 0 Å². The van der Waals surface area contributed by atoms with Gasteiger partial charge in [-0.25, -0.2) is 0 Å². The first-order chi connectivity index (χ1) is 12.7. The Morgan fingerprint density at radius 1 is 1.23 bits per heavy atom. The summed E-state index contributed by atoms with van der Waals surface area (Å²) in [6, 6.07) is 14.1. The van der Waals surface area contributed by atoms with Crippen LogP contribution in [0.2, 0.25) is 0 Å². The molecule has 0 saturated carbocycles. The lowest BCUT2D eigenvalue weighted by molar-refractivity contribution is -0.121. The molecule has 0 spiro atoms. The van der Waals surface area contributed by atoms with Crippen molar-refractivity contribution in [2.24, 2.45) is 7.05 Å². The molecule has 5 heteroatoms. The molecule has 1 aromatic carbocycles. The molecule has 0 bridgehead atoms. The second-order valence-corrected chi connectivity index (χ2v) is 7.16. The molecule has 1 unspecified atom stereocenters. The van der Waals surface area contributed by atoms with Crippen molar-refractivity contribution in [1.82, 2.24) is 9.88 Å². The lowest BCUT2D eigenvalue weighted by Gasteiger charge is -2.15. The fourth-order valence-electron chi connectivity index (χ4n) is 3.39. The number of para-hydroxylation sites is 1. The van der Waals surface area contributed by atoms with E-state index in [0.717, 1.165) is 5.76 Å². The number of nitrogens with zero attached hydrogens (tertiary/aromatic N) is 1. The van der Waals surface area contributed by atoms with E-state index in [1.54, 1.807) is 17.6 Å². The minimum absolute atomic E-state index is 0.0190. The second-order valence-electron chi connectivity index (χ2n) is 6.38. The van der Waals surface area contributed by atoms with Gasteiger partial charge in [-0.15, -0.1) is 0 Å². The SMILES string of the molecule is Cn1cc(C(CC(=O)NCc2ccco2)c2ccsc2)c2ccccc21. The van der Waals surface area contributed by atoms with Crippen molar-refractivity contribution >= 4 is 28.1 Å². The highest BCUT2D eigenvalue weighted by Gasteiger charge is 2.22. The van der Waals surface area contributed by atoms with Gasteiger partial charge in [0.05, 0.1) is 12.8 Å². The van der Waals surface area contributed by atoms with Gasteiger partial charge < -0.3 is 14.3 Å². The average Bonchev–Trinajstić information content (AvgIpc) is 3.40. The summed E-state index contributed by atoms with van der Waals surface area (Å²) in [5, 5.41) is 8.36. The highest BCUT2D eigenvalue weighted by Crippen LogP contribution is 2.35. The van der Waals surface area contributed by atoms with Crippen molar-refractivity contribution in [2.45, 2.75) is 18.9 Å². The molecule has 1 atom stereocenters. The smallest absolute Gasteiger partial charge is 0.221 e. The van der Waals surface area contributed by atoms with E-state index in [4.69, 9.17) is 4.42 Å².